The number of rotatable bonds is 14. The van der Waals surface area contributed by atoms with Crippen molar-refractivity contribution in [2.24, 2.45) is 0 Å². The van der Waals surface area contributed by atoms with Gasteiger partial charge in [0.05, 0.1) is 34.9 Å². The summed E-state index contributed by atoms with van der Waals surface area (Å²) in [5, 5.41) is 42.3. The molecule has 0 bridgehead atoms. The number of nitriles is 1. The van der Waals surface area contributed by atoms with Gasteiger partial charge in [0.1, 0.15) is 29.2 Å². The van der Waals surface area contributed by atoms with Crippen LogP contribution < -0.4 is 14.8 Å². The van der Waals surface area contributed by atoms with Crippen LogP contribution in [0.3, 0.4) is 0 Å². The molecule has 4 aromatic rings. The lowest BCUT2D eigenvalue weighted by Crippen LogP contribution is -2.52. The van der Waals surface area contributed by atoms with Crippen molar-refractivity contribution in [2.75, 3.05) is 32.8 Å². The lowest BCUT2D eigenvalue weighted by molar-refractivity contribution is -0.145. The molecule has 2 aliphatic rings. The first-order valence-corrected chi connectivity index (χ1v) is 17.2. The van der Waals surface area contributed by atoms with E-state index in [4.69, 9.17) is 32.7 Å². The highest BCUT2D eigenvalue weighted by Crippen LogP contribution is 2.45. The molecule has 1 unspecified atom stereocenters. The molecule has 2 heterocycles. The first kappa shape index (κ1) is 35.6. The Balaban J connectivity index is 1.25. The Morgan fingerprint density at radius 3 is 2.62 bits per heavy atom. The summed E-state index contributed by atoms with van der Waals surface area (Å²) < 4.78 is 12.7. The van der Waals surface area contributed by atoms with Crippen molar-refractivity contribution < 1.29 is 29.6 Å². The highest BCUT2D eigenvalue weighted by atomic mass is 35.5. The summed E-state index contributed by atoms with van der Waals surface area (Å²) in [5.74, 6) is -0.136. The molecule has 2 atom stereocenters. The summed E-state index contributed by atoms with van der Waals surface area (Å²) in [4.78, 5) is 18.2. The number of likely N-dealkylation sites (tertiary alicyclic amines) is 1. The third kappa shape index (κ3) is 7.59. The van der Waals surface area contributed by atoms with E-state index in [0.29, 0.717) is 69.9 Å². The Morgan fingerprint density at radius 2 is 1.88 bits per heavy atom. The van der Waals surface area contributed by atoms with E-state index in [1.807, 2.05) is 30.3 Å². The van der Waals surface area contributed by atoms with E-state index in [0.717, 1.165) is 41.6 Å². The normalized spacial score (nSPS) is 17.0. The zero-order valence-electron chi connectivity index (χ0n) is 27.5. The molecule has 1 saturated heterocycles. The molecule has 12 heteroatoms. The van der Waals surface area contributed by atoms with Crippen LogP contribution in [-0.4, -0.2) is 75.7 Å². The highest BCUT2D eigenvalue weighted by molar-refractivity contribution is 6.35. The molecule has 0 radical (unpaired) electrons. The molecule has 1 aromatic heterocycles. The molecule has 0 amide bonds. The van der Waals surface area contributed by atoms with Crippen molar-refractivity contribution in [1.82, 2.24) is 15.2 Å². The van der Waals surface area contributed by atoms with E-state index >= 15 is 0 Å². The molecule has 50 heavy (non-hydrogen) atoms. The van der Waals surface area contributed by atoms with Crippen molar-refractivity contribution in [3.05, 3.63) is 99.3 Å². The number of halogens is 2. The Hall–Kier alpha value is -4.21. The van der Waals surface area contributed by atoms with E-state index in [9.17, 15) is 25.4 Å². The second kappa shape index (κ2) is 15.4. The number of aliphatic carboxylic acids is 1. The quantitative estimate of drug-likeness (QED) is 0.114. The summed E-state index contributed by atoms with van der Waals surface area (Å²) in [5.41, 5.74) is 4.77. The average Bonchev–Trinajstić information content (AvgIpc) is 3.52. The van der Waals surface area contributed by atoms with Crippen LogP contribution in [0.1, 0.15) is 48.1 Å². The molecule has 1 fully saturated rings. The number of carboxylic acids is 1. The number of nitrogens with one attached hydrogen (secondary N) is 1. The highest BCUT2D eigenvalue weighted by Gasteiger charge is 2.33. The van der Waals surface area contributed by atoms with Crippen LogP contribution in [0, 0.1) is 11.3 Å². The second-order valence-electron chi connectivity index (χ2n) is 12.9. The van der Waals surface area contributed by atoms with Crippen molar-refractivity contribution in [3.63, 3.8) is 0 Å². The van der Waals surface area contributed by atoms with Gasteiger partial charge in [-0.15, -0.1) is 0 Å². The number of aliphatic hydroxyl groups excluding tert-OH is 2. The van der Waals surface area contributed by atoms with Gasteiger partial charge in [-0.05, 0) is 78.3 Å². The number of β-amino-alcohol motifs (C(OH)–C–C–N with tert-alkyl or cyclic N) is 1. The number of carboxylic acid groups (broad SMARTS) is 1. The summed E-state index contributed by atoms with van der Waals surface area (Å²) in [7, 11) is 0. The van der Waals surface area contributed by atoms with E-state index in [1.54, 1.807) is 24.4 Å². The maximum Gasteiger partial charge on any atom is 0.326 e. The lowest BCUT2D eigenvalue weighted by Gasteiger charge is -2.35. The summed E-state index contributed by atoms with van der Waals surface area (Å²) >= 11 is 13.7. The molecular weight excluding hydrogens is 679 g/mol. The van der Waals surface area contributed by atoms with Gasteiger partial charge in [0.2, 0.25) is 0 Å². The van der Waals surface area contributed by atoms with Crippen LogP contribution in [0.4, 0.5) is 0 Å². The van der Waals surface area contributed by atoms with E-state index in [2.05, 4.69) is 27.3 Å². The second-order valence-corrected chi connectivity index (χ2v) is 13.7. The standard InChI is InChI=1S/C38H38Cl2N4O6/c1-38(22-45,37(47)48)43-19-25-14-32(39)35(15-31(25)24-13-23(16-41)17-42-18-24)50-33-10-9-28-27(5-2-6-29(28)33)30-7-3-8-34(36(30)40)49-12-4-11-44-20-26(46)21-44/h2-3,5-8,13-15,17-18,26,33,43,45-46H,4,9-12,19-22H2,1H3,(H,47,48)/t33-,38?/m0/s1. The number of fused-ring (bicyclic) bond motifs is 1. The van der Waals surface area contributed by atoms with Crippen LogP contribution in [0.25, 0.3) is 22.3 Å². The number of benzene rings is 3. The van der Waals surface area contributed by atoms with E-state index < -0.39 is 18.1 Å². The van der Waals surface area contributed by atoms with Crippen LogP contribution in [0.5, 0.6) is 11.5 Å². The predicted molar refractivity (Wildman–Crippen MR) is 191 cm³/mol. The molecule has 10 nitrogen and oxygen atoms in total. The van der Waals surface area contributed by atoms with E-state index in [1.165, 1.54) is 13.1 Å². The number of pyridine rings is 1. The Kier molecular flexibility index (Phi) is 10.9. The van der Waals surface area contributed by atoms with Crippen molar-refractivity contribution >= 4 is 29.2 Å². The predicted octanol–water partition coefficient (Wildman–Crippen LogP) is 6.03. The topological polar surface area (TPSA) is 148 Å². The monoisotopic (exact) mass is 716 g/mol. The largest absolute Gasteiger partial charge is 0.492 e. The van der Waals surface area contributed by atoms with Gasteiger partial charge in [-0.2, -0.15) is 5.26 Å². The minimum atomic E-state index is -1.58. The van der Waals surface area contributed by atoms with E-state index in [-0.39, 0.29) is 18.8 Å². The molecule has 0 saturated carbocycles. The van der Waals surface area contributed by atoms with Gasteiger partial charge in [0.15, 0.2) is 0 Å². The lowest BCUT2D eigenvalue weighted by atomic mass is 9.96. The van der Waals surface area contributed by atoms with Gasteiger partial charge >= 0.3 is 5.97 Å². The molecule has 260 valence electrons. The number of hydrogen-bond donors (Lipinski definition) is 4. The van der Waals surface area contributed by atoms with Crippen LogP contribution >= 0.6 is 23.2 Å². The molecule has 4 N–H and O–H groups in total. The fraction of sp³-hybridized carbons (Fsp3) is 0.342. The summed E-state index contributed by atoms with van der Waals surface area (Å²) in [6.07, 6.45) is 4.86. The zero-order valence-corrected chi connectivity index (χ0v) is 29.0. The number of carbonyl (C=O) groups is 1. The molecule has 0 spiro atoms. The van der Waals surface area contributed by atoms with Crippen molar-refractivity contribution in [1.29, 1.82) is 5.26 Å². The van der Waals surface area contributed by atoms with Gasteiger partial charge in [0.25, 0.3) is 0 Å². The minimum Gasteiger partial charge on any atom is -0.492 e. The molecule has 3 aromatic carbocycles. The molecule has 1 aliphatic heterocycles. The number of hydrogen-bond acceptors (Lipinski definition) is 9. The van der Waals surface area contributed by atoms with Gasteiger partial charge in [-0.1, -0.05) is 53.5 Å². The third-order valence-electron chi connectivity index (χ3n) is 9.35. The fourth-order valence-corrected chi connectivity index (χ4v) is 6.92. The average molecular weight is 718 g/mol. The summed E-state index contributed by atoms with van der Waals surface area (Å²) in [6.45, 7) is 3.66. The third-order valence-corrected chi connectivity index (χ3v) is 10.0. The van der Waals surface area contributed by atoms with Crippen LogP contribution in [0.15, 0.2) is 67.0 Å². The molecule has 1 aliphatic carbocycles. The number of aromatic nitrogens is 1. The molecule has 6 rings (SSSR count). The number of nitrogens with zero attached hydrogens (tertiary/aromatic N) is 3. The smallest absolute Gasteiger partial charge is 0.326 e. The SMILES string of the molecule is CC(CO)(NCc1cc(Cl)c(O[C@H]2CCc3c(-c4cccc(OCCCN5CC(O)C5)c4Cl)cccc32)cc1-c1cncc(C#N)c1)C(=O)O. The van der Waals surface area contributed by atoms with Gasteiger partial charge < -0.3 is 24.8 Å². The van der Waals surface area contributed by atoms with Crippen molar-refractivity contribution in [3.8, 4) is 39.8 Å². The zero-order chi connectivity index (χ0) is 35.4. The van der Waals surface area contributed by atoms with Crippen LogP contribution in [-0.2, 0) is 17.8 Å². The van der Waals surface area contributed by atoms with Gasteiger partial charge in [0, 0.05) is 49.7 Å². The van der Waals surface area contributed by atoms with Gasteiger partial charge in [-0.3, -0.25) is 20.0 Å². The number of ether oxygens (including phenoxy) is 2. The number of aliphatic hydroxyl groups is 2. The maximum absolute atomic E-state index is 11.8. The Bertz CT molecular complexity index is 1930. The Morgan fingerprint density at radius 1 is 1.10 bits per heavy atom. The van der Waals surface area contributed by atoms with Crippen molar-refractivity contribution in [2.45, 2.75) is 50.5 Å². The Labute approximate surface area is 300 Å². The first-order valence-electron chi connectivity index (χ1n) is 16.5. The van der Waals surface area contributed by atoms with Crippen LogP contribution in [0.2, 0.25) is 10.0 Å². The maximum atomic E-state index is 11.8. The summed E-state index contributed by atoms with van der Waals surface area (Å²) in [6, 6.07) is 19.2. The van der Waals surface area contributed by atoms with Gasteiger partial charge in [-0.25, -0.2) is 0 Å². The minimum absolute atomic E-state index is 0.0667. The molecular formula is C38H38Cl2N4O6. The fourth-order valence-electron chi connectivity index (χ4n) is 6.41. The first-order chi connectivity index (χ1) is 24.1.